The van der Waals surface area contributed by atoms with Gasteiger partial charge in [0.2, 0.25) is 0 Å². The Morgan fingerprint density at radius 2 is 1.80 bits per heavy atom. The summed E-state index contributed by atoms with van der Waals surface area (Å²) >= 11 is 6.03. The van der Waals surface area contributed by atoms with Crippen molar-refractivity contribution in [2.75, 3.05) is 0 Å². The SMILES string of the molecule is C[C@H](Oc1ccc2ccccc2c1)C(=O)N/N=C\c1ccccc1Cl. The number of hydrogen-bond donors (Lipinski definition) is 1. The molecule has 0 aromatic heterocycles. The monoisotopic (exact) mass is 352 g/mol. The number of carbonyl (C=O) groups is 1. The second-order valence-corrected chi connectivity index (χ2v) is 5.93. The van der Waals surface area contributed by atoms with Gasteiger partial charge in [-0.05, 0) is 35.9 Å². The van der Waals surface area contributed by atoms with Gasteiger partial charge in [0.1, 0.15) is 5.75 Å². The van der Waals surface area contributed by atoms with E-state index in [0.29, 0.717) is 10.8 Å². The van der Waals surface area contributed by atoms with Crippen molar-refractivity contribution in [3.05, 3.63) is 77.3 Å². The van der Waals surface area contributed by atoms with Crippen molar-refractivity contribution in [1.82, 2.24) is 5.43 Å². The fraction of sp³-hybridized carbons (Fsp3) is 0.100. The van der Waals surface area contributed by atoms with Gasteiger partial charge in [0.15, 0.2) is 6.10 Å². The fourth-order valence-electron chi connectivity index (χ4n) is 2.33. The predicted molar refractivity (Wildman–Crippen MR) is 101 cm³/mol. The molecular formula is C20H17ClN2O2. The molecule has 0 heterocycles. The van der Waals surface area contributed by atoms with Gasteiger partial charge in [0.25, 0.3) is 5.91 Å². The van der Waals surface area contributed by atoms with Gasteiger partial charge in [-0.2, -0.15) is 5.10 Å². The van der Waals surface area contributed by atoms with E-state index in [-0.39, 0.29) is 5.91 Å². The molecule has 0 aliphatic rings. The van der Waals surface area contributed by atoms with Crippen LogP contribution in [0.3, 0.4) is 0 Å². The molecule has 4 nitrogen and oxygen atoms in total. The molecule has 0 bridgehead atoms. The number of halogens is 1. The van der Waals surface area contributed by atoms with Crippen LogP contribution in [0.15, 0.2) is 71.8 Å². The van der Waals surface area contributed by atoms with Gasteiger partial charge < -0.3 is 4.74 Å². The summed E-state index contributed by atoms with van der Waals surface area (Å²) < 4.78 is 5.70. The lowest BCUT2D eigenvalue weighted by molar-refractivity contribution is -0.127. The standard InChI is InChI=1S/C20H17ClN2O2/c1-14(20(24)23-22-13-17-8-4-5-9-19(17)21)25-18-11-10-15-6-2-3-7-16(15)12-18/h2-14H,1H3,(H,23,24)/b22-13-/t14-/m0/s1. The Bertz CT molecular complexity index is 924. The lowest BCUT2D eigenvalue weighted by Crippen LogP contribution is -2.33. The molecule has 3 rings (SSSR count). The molecule has 1 atom stereocenters. The summed E-state index contributed by atoms with van der Waals surface area (Å²) in [7, 11) is 0. The number of hydrogen-bond acceptors (Lipinski definition) is 3. The normalized spacial score (nSPS) is 12.2. The molecule has 0 saturated heterocycles. The Morgan fingerprint density at radius 1 is 1.08 bits per heavy atom. The molecule has 0 unspecified atom stereocenters. The molecule has 1 amide bonds. The molecule has 0 saturated carbocycles. The summed E-state index contributed by atoms with van der Waals surface area (Å²) in [6.07, 6.45) is 0.827. The molecule has 0 fully saturated rings. The maximum atomic E-state index is 12.1. The Hall–Kier alpha value is -2.85. The molecule has 25 heavy (non-hydrogen) atoms. The van der Waals surface area contributed by atoms with Crippen molar-refractivity contribution in [2.45, 2.75) is 13.0 Å². The number of rotatable bonds is 5. The lowest BCUT2D eigenvalue weighted by atomic mass is 10.1. The van der Waals surface area contributed by atoms with Crippen molar-refractivity contribution < 1.29 is 9.53 Å². The molecule has 0 radical (unpaired) electrons. The van der Waals surface area contributed by atoms with Crippen LogP contribution in [0.4, 0.5) is 0 Å². The summed E-state index contributed by atoms with van der Waals surface area (Å²) in [6.45, 7) is 1.68. The second kappa shape index (κ2) is 7.81. The van der Waals surface area contributed by atoms with Crippen molar-refractivity contribution >= 4 is 34.5 Å². The number of hydrazone groups is 1. The van der Waals surface area contributed by atoms with Gasteiger partial charge >= 0.3 is 0 Å². The molecule has 126 valence electrons. The van der Waals surface area contributed by atoms with E-state index in [1.807, 2.05) is 60.7 Å². The van der Waals surface area contributed by atoms with Gasteiger partial charge in [-0.15, -0.1) is 0 Å². The van der Waals surface area contributed by atoms with Gasteiger partial charge in [-0.25, -0.2) is 5.43 Å². The number of benzene rings is 3. The van der Waals surface area contributed by atoms with Crippen molar-refractivity contribution in [2.24, 2.45) is 5.10 Å². The maximum absolute atomic E-state index is 12.1. The third-order valence-corrected chi connectivity index (χ3v) is 4.03. The summed E-state index contributed by atoms with van der Waals surface area (Å²) in [5.41, 5.74) is 3.19. The highest BCUT2D eigenvalue weighted by Crippen LogP contribution is 2.21. The van der Waals surface area contributed by atoms with E-state index < -0.39 is 6.10 Å². The van der Waals surface area contributed by atoms with Crippen molar-refractivity contribution in [1.29, 1.82) is 0 Å². The largest absolute Gasteiger partial charge is 0.481 e. The first-order valence-corrected chi connectivity index (χ1v) is 8.24. The van der Waals surface area contributed by atoms with Crippen LogP contribution in [-0.2, 0) is 4.79 Å². The van der Waals surface area contributed by atoms with Crippen molar-refractivity contribution in [3.63, 3.8) is 0 Å². The van der Waals surface area contributed by atoms with Crippen LogP contribution in [0.25, 0.3) is 10.8 Å². The highest BCUT2D eigenvalue weighted by molar-refractivity contribution is 6.33. The van der Waals surface area contributed by atoms with Crippen LogP contribution >= 0.6 is 11.6 Å². The predicted octanol–water partition coefficient (Wildman–Crippen LogP) is 4.41. The Kier molecular flexibility index (Phi) is 5.31. The van der Waals surface area contributed by atoms with Crippen LogP contribution in [0.2, 0.25) is 5.02 Å². The van der Waals surface area contributed by atoms with Crippen LogP contribution in [0.1, 0.15) is 12.5 Å². The number of amides is 1. The molecular weight excluding hydrogens is 336 g/mol. The van der Waals surface area contributed by atoms with E-state index in [4.69, 9.17) is 16.3 Å². The minimum absolute atomic E-state index is 0.337. The minimum atomic E-state index is -0.676. The zero-order valence-electron chi connectivity index (χ0n) is 13.6. The third-order valence-electron chi connectivity index (χ3n) is 3.69. The zero-order chi connectivity index (χ0) is 17.6. The minimum Gasteiger partial charge on any atom is -0.481 e. The Balaban J connectivity index is 1.61. The van der Waals surface area contributed by atoms with E-state index in [9.17, 15) is 4.79 Å². The molecule has 0 aliphatic carbocycles. The van der Waals surface area contributed by atoms with Crippen LogP contribution in [0, 0.1) is 0 Å². The first-order chi connectivity index (χ1) is 12.1. The topological polar surface area (TPSA) is 50.7 Å². The van der Waals surface area contributed by atoms with Gasteiger partial charge in [0, 0.05) is 10.6 Å². The molecule has 0 spiro atoms. The zero-order valence-corrected chi connectivity index (χ0v) is 14.4. The average Bonchev–Trinajstić information content (AvgIpc) is 2.63. The maximum Gasteiger partial charge on any atom is 0.280 e. The summed E-state index contributed by atoms with van der Waals surface area (Å²) in [6, 6.07) is 20.9. The number of nitrogens with one attached hydrogen (secondary N) is 1. The molecule has 0 aliphatic heterocycles. The lowest BCUT2D eigenvalue weighted by Gasteiger charge is -2.13. The molecule has 3 aromatic rings. The van der Waals surface area contributed by atoms with Gasteiger partial charge in [-0.3, -0.25) is 4.79 Å². The smallest absolute Gasteiger partial charge is 0.280 e. The van der Waals surface area contributed by atoms with Gasteiger partial charge in [-0.1, -0.05) is 60.1 Å². The van der Waals surface area contributed by atoms with Gasteiger partial charge in [0.05, 0.1) is 6.21 Å². The number of fused-ring (bicyclic) bond motifs is 1. The van der Waals surface area contributed by atoms with Crippen LogP contribution < -0.4 is 10.2 Å². The molecule has 1 N–H and O–H groups in total. The van der Waals surface area contributed by atoms with E-state index >= 15 is 0 Å². The third kappa shape index (κ3) is 4.37. The number of ether oxygens (including phenoxy) is 1. The first kappa shape index (κ1) is 17.0. The fourth-order valence-corrected chi connectivity index (χ4v) is 2.52. The van der Waals surface area contributed by atoms with E-state index in [0.717, 1.165) is 16.3 Å². The highest BCUT2D eigenvalue weighted by atomic mass is 35.5. The van der Waals surface area contributed by atoms with Crippen LogP contribution in [-0.4, -0.2) is 18.2 Å². The van der Waals surface area contributed by atoms with Crippen LogP contribution in [0.5, 0.6) is 5.75 Å². The number of nitrogens with zero attached hydrogens (tertiary/aromatic N) is 1. The molecule has 3 aromatic carbocycles. The van der Waals surface area contributed by atoms with E-state index in [1.54, 1.807) is 13.0 Å². The summed E-state index contributed by atoms with van der Waals surface area (Å²) in [5, 5.41) is 6.68. The second-order valence-electron chi connectivity index (χ2n) is 5.52. The summed E-state index contributed by atoms with van der Waals surface area (Å²) in [5.74, 6) is 0.299. The van der Waals surface area contributed by atoms with Crippen molar-refractivity contribution in [3.8, 4) is 5.75 Å². The number of carbonyl (C=O) groups excluding carboxylic acids is 1. The highest BCUT2D eigenvalue weighted by Gasteiger charge is 2.14. The average molecular weight is 353 g/mol. The molecule has 5 heteroatoms. The van der Waals surface area contributed by atoms with E-state index in [1.165, 1.54) is 6.21 Å². The quantitative estimate of drug-likeness (QED) is 0.546. The Morgan fingerprint density at radius 3 is 2.60 bits per heavy atom. The first-order valence-electron chi connectivity index (χ1n) is 7.86. The Labute approximate surface area is 151 Å². The van der Waals surface area contributed by atoms with E-state index in [2.05, 4.69) is 10.5 Å². The summed E-state index contributed by atoms with van der Waals surface area (Å²) in [4.78, 5) is 12.1.